The molecule has 2 heterocycles. The van der Waals surface area contributed by atoms with Gasteiger partial charge in [0.05, 0.1) is 24.6 Å². The van der Waals surface area contributed by atoms with Crippen LogP contribution in [0.3, 0.4) is 0 Å². The van der Waals surface area contributed by atoms with Gasteiger partial charge in [-0.25, -0.2) is 9.48 Å². The number of pyridine rings is 1. The first-order valence-electron chi connectivity index (χ1n) is 5.14. The van der Waals surface area contributed by atoms with Crippen LogP contribution in [0.1, 0.15) is 10.4 Å². The number of carboxylic acids is 1. The van der Waals surface area contributed by atoms with Gasteiger partial charge in [0.25, 0.3) is 0 Å². The SMILES string of the molecule is COc1cc(Nc2cnccc2C(=O)O)nn1C. The van der Waals surface area contributed by atoms with Gasteiger partial charge in [-0.15, -0.1) is 0 Å². The van der Waals surface area contributed by atoms with Crippen LogP contribution in [0, 0.1) is 0 Å². The third-order valence-electron chi connectivity index (χ3n) is 2.36. The summed E-state index contributed by atoms with van der Waals surface area (Å²) in [6, 6.07) is 3.09. The van der Waals surface area contributed by atoms with E-state index in [0.29, 0.717) is 17.4 Å². The molecule has 0 atom stereocenters. The van der Waals surface area contributed by atoms with E-state index < -0.39 is 5.97 Å². The second-order valence-corrected chi connectivity index (χ2v) is 3.55. The quantitative estimate of drug-likeness (QED) is 0.846. The Labute approximate surface area is 103 Å². The minimum Gasteiger partial charge on any atom is -0.481 e. The van der Waals surface area contributed by atoms with E-state index >= 15 is 0 Å². The lowest BCUT2D eigenvalue weighted by Gasteiger charge is -2.05. The lowest BCUT2D eigenvalue weighted by Crippen LogP contribution is -2.03. The molecule has 0 aliphatic carbocycles. The molecule has 0 aromatic carbocycles. The van der Waals surface area contributed by atoms with Gasteiger partial charge in [0.1, 0.15) is 0 Å². The van der Waals surface area contributed by atoms with E-state index in [1.54, 1.807) is 17.8 Å². The second kappa shape index (κ2) is 4.74. The summed E-state index contributed by atoms with van der Waals surface area (Å²) in [4.78, 5) is 14.9. The first-order valence-corrected chi connectivity index (χ1v) is 5.14. The summed E-state index contributed by atoms with van der Waals surface area (Å²) in [5.74, 6) is 0.0333. The molecule has 0 bridgehead atoms. The lowest BCUT2D eigenvalue weighted by molar-refractivity contribution is 0.0698. The van der Waals surface area contributed by atoms with E-state index in [9.17, 15) is 4.79 Å². The molecule has 7 heteroatoms. The minimum atomic E-state index is -1.03. The number of ether oxygens (including phenoxy) is 1. The molecule has 0 saturated heterocycles. The van der Waals surface area contributed by atoms with Crippen LogP contribution in [0.25, 0.3) is 0 Å². The highest BCUT2D eigenvalue weighted by Gasteiger charge is 2.12. The van der Waals surface area contributed by atoms with Crippen molar-refractivity contribution in [3.8, 4) is 5.88 Å². The average molecular weight is 248 g/mol. The average Bonchev–Trinajstić information content (AvgIpc) is 2.70. The van der Waals surface area contributed by atoms with E-state index in [1.165, 1.54) is 25.6 Å². The van der Waals surface area contributed by atoms with Crippen LogP contribution >= 0.6 is 0 Å². The first kappa shape index (κ1) is 11.9. The van der Waals surface area contributed by atoms with Crippen molar-refractivity contribution in [2.45, 2.75) is 0 Å². The third-order valence-corrected chi connectivity index (χ3v) is 2.36. The number of methoxy groups -OCH3 is 1. The van der Waals surface area contributed by atoms with Gasteiger partial charge < -0.3 is 15.2 Å². The molecular weight excluding hydrogens is 236 g/mol. The minimum absolute atomic E-state index is 0.134. The number of aromatic nitrogens is 3. The molecular formula is C11H12N4O3. The molecule has 0 unspecified atom stereocenters. The predicted molar refractivity (Wildman–Crippen MR) is 64.2 cm³/mol. The molecule has 0 saturated carbocycles. The number of nitrogens with one attached hydrogen (secondary N) is 1. The zero-order chi connectivity index (χ0) is 13.1. The second-order valence-electron chi connectivity index (χ2n) is 3.55. The Morgan fingerprint density at radius 3 is 2.94 bits per heavy atom. The van der Waals surface area contributed by atoms with Crippen LogP contribution in [-0.2, 0) is 7.05 Å². The largest absolute Gasteiger partial charge is 0.481 e. The van der Waals surface area contributed by atoms with Crippen molar-refractivity contribution in [1.29, 1.82) is 0 Å². The fourth-order valence-corrected chi connectivity index (χ4v) is 1.52. The van der Waals surface area contributed by atoms with E-state index in [-0.39, 0.29) is 5.56 Å². The molecule has 0 radical (unpaired) electrons. The number of aryl methyl sites for hydroxylation is 1. The number of rotatable bonds is 4. The zero-order valence-corrected chi connectivity index (χ0v) is 9.91. The molecule has 0 amide bonds. The highest BCUT2D eigenvalue weighted by molar-refractivity contribution is 5.94. The van der Waals surface area contributed by atoms with Gasteiger partial charge in [0, 0.05) is 19.3 Å². The van der Waals surface area contributed by atoms with Crippen molar-refractivity contribution < 1.29 is 14.6 Å². The normalized spacial score (nSPS) is 10.1. The van der Waals surface area contributed by atoms with Gasteiger partial charge in [-0.1, -0.05) is 0 Å². The molecule has 0 fully saturated rings. The summed E-state index contributed by atoms with van der Waals surface area (Å²) in [5, 5.41) is 16.1. The predicted octanol–water partition coefficient (Wildman–Crippen LogP) is 1.27. The lowest BCUT2D eigenvalue weighted by atomic mass is 10.2. The van der Waals surface area contributed by atoms with Crippen molar-refractivity contribution in [3.63, 3.8) is 0 Å². The summed E-state index contributed by atoms with van der Waals surface area (Å²) in [6.07, 6.45) is 2.86. The van der Waals surface area contributed by atoms with Gasteiger partial charge in [0.2, 0.25) is 5.88 Å². The van der Waals surface area contributed by atoms with Crippen molar-refractivity contribution in [3.05, 3.63) is 30.1 Å². The van der Waals surface area contributed by atoms with E-state index in [0.717, 1.165) is 0 Å². The summed E-state index contributed by atoms with van der Waals surface area (Å²) in [5.41, 5.74) is 0.514. The number of carboxylic acid groups (broad SMARTS) is 1. The maximum atomic E-state index is 11.0. The number of hydrogen-bond acceptors (Lipinski definition) is 5. The van der Waals surface area contributed by atoms with Gasteiger partial charge in [0.15, 0.2) is 5.82 Å². The molecule has 18 heavy (non-hydrogen) atoms. The molecule has 2 aromatic rings. The van der Waals surface area contributed by atoms with E-state index in [4.69, 9.17) is 9.84 Å². The third kappa shape index (κ3) is 2.24. The molecule has 2 N–H and O–H groups in total. The fraction of sp³-hybridized carbons (Fsp3) is 0.182. The van der Waals surface area contributed by atoms with Crippen LogP contribution in [0.5, 0.6) is 5.88 Å². The molecule has 2 rings (SSSR count). The fourth-order valence-electron chi connectivity index (χ4n) is 1.52. The Kier molecular flexibility index (Phi) is 3.13. The van der Waals surface area contributed by atoms with Gasteiger partial charge in [-0.3, -0.25) is 4.98 Å². The Bertz CT molecular complexity index is 579. The molecule has 2 aromatic heterocycles. The van der Waals surface area contributed by atoms with E-state index in [1.807, 2.05) is 0 Å². The number of nitrogens with zero attached hydrogens (tertiary/aromatic N) is 3. The molecule has 0 spiro atoms. The van der Waals surface area contributed by atoms with Crippen LogP contribution in [0.2, 0.25) is 0 Å². The highest BCUT2D eigenvalue weighted by atomic mass is 16.5. The Morgan fingerprint density at radius 1 is 1.56 bits per heavy atom. The molecule has 94 valence electrons. The summed E-state index contributed by atoms with van der Waals surface area (Å²) in [7, 11) is 3.26. The van der Waals surface area contributed by atoms with Crippen molar-refractivity contribution in [1.82, 2.24) is 14.8 Å². The number of anilines is 2. The number of carbonyl (C=O) groups is 1. The summed E-state index contributed by atoms with van der Waals surface area (Å²) in [6.45, 7) is 0. The molecule has 7 nitrogen and oxygen atoms in total. The topological polar surface area (TPSA) is 89.3 Å². The van der Waals surface area contributed by atoms with Crippen LogP contribution in [-0.4, -0.2) is 33.0 Å². The molecule has 0 aliphatic heterocycles. The van der Waals surface area contributed by atoms with Gasteiger partial charge in [-0.05, 0) is 6.07 Å². The van der Waals surface area contributed by atoms with Crippen LogP contribution in [0.4, 0.5) is 11.5 Å². The van der Waals surface area contributed by atoms with Crippen molar-refractivity contribution >= 4 is 17.5 Å². The Hall–Kier alpha value is -2.57. The maximum Gasteiger partial charge on any atom is 0.337 e. The van der Waals surface area contributed by atoms with E-state index in [2.05, 4.69) is 15.4 Å². The maximum absolute atomic E-state index is 11.0. The number of hydrogen-bond donors (Lipinski definition) is 2. The van der Waals surface area contributed by atoms with Gasteiger partial charge in [-0.2, -0.15) is 5.10 Å². The number of aromatic carboxylic acids is 1. The Balaban J connectivity index is 2.31. The zero-order valence-electron chi connectivity index (χ0n) is 9.91. The summed E-state index contributed by atoms with van der Waals surface area (Å²) >= 11 is 0. The van der Waals surface area contributed by atoms with Crippen LogP contribution in [0.15, 0.2) is 24.5 Å². The molecule has 0 aliphatic rings. The van der Waals surface area contributed by atoms with Gasteiger partial charge >= 0.3 is 5.97 Å². The highest BCUT2D eigenvalue weighted by Crippen LogP contribution is 2.22. The first-order chi connectivity index (χ1) is 8.61. The van der Waals surface area contributed by atoms with Crippen molar-refractivity contribution in [2.75, 3.05) is 12.4 Å². The Morgan fingerprint density at radius 2 is 2.33 bits per heavy atom. The smallest absolute Gasteiger partial charge is 0.337 e. The van der Waals surface area contributed by atoms with Crippen molar-refractivity contribution in [2.24, 2.45) is 7.05 Å². The standard InChI is InChI=1S/C11H12N4O3/c1-15-10(18-2)5-9(14-15)13-8-6-12-4-3-7(8)11(16)17/h3-6H,1-2H3,(H,13,14)(H,16,17). The van der Waals surface area contributed by atoms with Crippen LogP contribution < -0.4 is 10.1 Å². The summed E-state index contributed by atoms with van der Waals surface area (Å²) < 4.78 is 6.61. The monoisotopic (exact) mass is 248 g/mol.